The number of aliphatic hydroxyl groups is 3. The standard InChI is InChI=1S/C20H26O8/c1-11-6-4-8-13(21)18(24)14(22)9-5-7-12-17(20(25)28-11)15(23)10-16(26-2)19(12)27-3/h4-5,7-8,10-11,13-14,18,21-24H,6,9H2,1-3H3/b7-5+,8-4+/t11-,13-,14+,18+/m0/s1. The van der Waals surface area contributed by atoms with Crippen LogP contribution in [-0.4, -0.2) is 65.0 Å². The summed E-state index contributed by atoms with van der Waals surface area (Å²) < 4.78 is 15.9. The van der Waals surface area contributed by atoms with Crippen LogP contribution in [0.4, 0.5) is 0 Å². The lowest BCUT2D eigenvalue weighted by atomic mass is 10.00. The second kappa shape index (κ2) is 9.59. The van der Waals surface area contributed by atoms with Gasteiger partial charge in [0.15, 0.2) is 11.5 Å². The van der Waals surface area contributed by atoms with Crippen molar-refractivity contribution in [1.82, 2.24) is 0 Å². The van der Waals surface area contributed by atoms with Crippen molar-refractivity contribution in [2.45, 2.75) is 44.2 Å². The average Bonchev–Trinajstić information content (AvgIpc) is 2.65. The summed E-state index contributed by atoms with van der Waals surface area (Å²) in [5.74, 6) is -0.673. The first-order chi connectivity index (χ1) is 13.3. The number of phenolic OH excluding ortho intramolecular Hbond substituents is 1. The molecular formula is C20H26O8. The molecule has 1 aromatic carbocycles. The number of methoxy groups -OCH3 is 2. The Hall–Kier alpha value is -2.55. The maximum Gasteiger partial charge on any atom is 0.342 e. The van der Waals surface area contributed by atoms with E-state index in [0.717, 1.165) is 0 Å². The molecule has 0 amide bonds. The lowest BCUT2D eigenvalue weighted by molar-refractivity contribution is -0.0394. The van der Waals surface area contributed by atoms with Crippen molar-refractivity contribution >= 4 is 12.0 Å². The highest BCUT2D eigenvalue weighted by atomic mass is 16.5. The molecular weight excluding hydrogens is 368 g/mol. The molecule has 1 aliphatic heterocycles. The molecule has 0 radical (unpaired) electrons. The average molecular weight is 394 g/mol. The summed E-state index contributed by atoms with van der Waals surface area (Å²) in [6.45, 7) is 1.65. The van der Waals surface area contributed by atoms with E-state index in [-0.39, 0.29) is 41.2 Å². The van der Waals surface area contributed by atoms with Gasteiger partial charge in [0, 0.05) is 18.1 Å². The first-order valence-corrected chi connectivity index (χ1v) is 8.86. The fraction of sp³-hybridized carbons (Fsp3) is 0.450. The highest BCUT2D eigenvalue weighted by Crippen LogP contribution is 2.40. The SMILES string of the molecule is COc1cc(O)c2c(c1OC)/C=C/C[C@@H](O)[C@H](O)[C@@H](O)/C=C/C[C@H](C)OC2=O. The summed E-state index contributed by atoms with van der Waals surface area (Å²) in [4.78, 5) is 12.7. The molecule has 1 aromatic rings. The number of benzene rings is 1. The van der Waals surface area contributed by atoms with Gasteiger partial charge in [-0.05, 0) is 13.3 Å². The van der Waals surface area contributed by atoms with Crippen molar-refractivity contribution in [3.05, 3.63) is 35.4 Å². The minimum atomic E-state index is -1.39. The summed E-state index contributed by atoms with van der Waals surface area (Å²) in [5, 5.41) is 40.4. The van der Waals surface area contributed by atoms with E-state index < -0.39 is 30.4 Å². The zero-order chi connectivity index (χ0) is 20.8. The Morgan fingerprint density at radius 3 is 2.46 bits per heavy atom. The zero-order valence-electron chi connectivity index (χ0n) is 16.0. The van der Waals surface area contributed by atoms with E-state index in [0.29, 0.717) is 0 Å². The van der Waals surface area contributed by atoms with Crippen molar-refractivity contribution in [3.63, 3.8) is 0 Å². The van der Waals surface area contributed by atoms with Crippen LogP contribution in [0.3, 0.4) is 0 Å². The Bertz CT molecular complexity index is 755. The molecule has 8 nitrogen and oxygen atoms in total. The van der Waals surface area contributed by atoms with Crippen molar-refractivity contribution < 1.29 is 39.4 Å². The van der Waals surface area contributed by atoms with Gasteiger partial charge in [-0.3, -0.25) is 0 Å². The fourth-order valence-corrected chi connectivity index (χ4v) is 2.89. The van der Waals surface area contributed by atoms with Crippen molar-refractivity contribution in [1.29, 1.82) is 0 Å². The monoisotopic (exact) mass is 394 g/mol. The molecule has 1 heterocycles. The molecule has 0 spiro atoms. The van der Waals surface area contributed by atoms with E-state index in [2.05, 4.69) is 0 Å². The van der Waals surface area contributed by atoms with Crippen LogP contribution in [0.5, 0.6) is 17.2 Å². The third-order valence-electron chi connectivity index (χ3n) is 4.41. The minimum absolute atomic E-state index is 0.0158. The number of ether oxygens (including phenoxy) is 3. The lowest BCUT2D eigenvalue weighted by Crippen LogP contribution is -2.35. The van der Waals surface area contributed by atoms with Crippen molar-refractivity contribution in [2.75, 3.05) is 14.2 Å². The number of carbonyl (C=O) groups excluding carboxylic acids is 1. The van der Waals surface area contributed by atoms with Crippen LogP contribution in [0.15, 0.2) is 24.3 Å². The number of aliphatic hydroxyl groups excluding tert-OH is 3. The molecule has 0 saturated heterocycles. The second-order valence-electron chi connectivity index (χ2n) is 6.49. The van der Waals surface area contributed by atoms with Crippen LogP contribution in [0.25, 0.3) is 6.08 Å². The maximum absolute atomic E-state index is 12.7. The number of esters is 1. The smallest absolute Gasteiger partial charge is 0.342 e. The van der Waals surface area contributed by atoms with Gasteiger partial charge in [-0.15, -0.1) is 0 Å². The molecule has 0 bridgehead atoms. The Morgan fingerprint density at radius 1 is 1.11 bits per heavy atom. The number of hydrogen-bond donors (Lipinski definition) is 4. The predicted molar refractivity (Wildman–Crippen MR) is 102 cm³/mol. The van der Waals surface area contributed by atoms with Gasteiger partial charge in [-0.25, -0.2) is 4.79 Å². The number of carbonyl (C=O) groups is 1. The Labute approximate surface area is 163 Å². The van der Waals surface area contributed by atoms with Gasteiger partial charge in [0.25, 0.3) is 0 Å². The highest BCUT2D eigenvalue weighted by Gasteiger charge is 2.26. The molecule has 4 atom stereocenters. The Kier molecular flexibility index (Phi) is 7.45. The van der Waals surface area contributed by atoms with Crippen molar-refractivity contribution in [2.24, 2.45) is 0 Å². The molecule has 0 unspecified atom stereocenters. The summed E-state index contributed by atoms with van der Waals surface area (Å²) in [6.07, 6.45) is 1.65. The van der Waals surface area contributed by atoms with Gasteiger partial charge in [-0.1, -0.05) is 24.3 Å². The fourth-order valence-electron chi connectivity index (χ4n) is 2.89. The number of aromatic hydroxyl groups is 1. The van der Waals surface area contributed by atoms with E-state index in [4.69, 9.17) is 14.2 Å². The number of fused-ring (bicyclic) bond motifs is 1. The van der Waals surface area contributed by atoms with Crippen molar-refractivity contribution in [3.8, 4) is 17.2 Å². The molecule has 0 aromatic heterocycles. The lowest BCUT2D eigenvalue weighted by Gasteiger charge is -2.21. The van der Waals surface area contributed by atoms with Gasteiger partial charge in [0.05, 0.1) is 20.3 Å². The molecule has 28 heavy (non-hydrogen) atoms. The molecule has 2 rings (SSSR count). The van der Waals surface area contributed by atoms with Crippen LogP contribution in [0, 0.1) is 0 Å². The van der Waals surface area contributed by atoms with E-state index in [1.807, 2.05) is 0 Å². The number of hydrogen-bond acceptors (Lipinski definition) is 8. The molecule has 0 saturated carbocycles. The predicted octanol–water partition coefficient (Wildman–Crippen LogP) is 1.40. The van der Waals surface area contributed by atoms with E-state index in [9.17, 15) is 25.2 Å². The quantitative estimate of drug-likeness (QED) is 0.438. The first-order valence-electron chi connectivity index (χ1n) is 8.86. The molecule has 0 aliphatic carbocycles. The molecule has 1 aliphatic rings. The minimum Gasteiger partial charge on any atom is -0.507 e. The van der Waals surface area contributed by atoms with Gasteiger partial charge >= 0.3 is 5.97 Å². The highest BCUT2D eigenvalue weighted by molar-refractivity contribution is 5.98. The van der Waals surface area contributed by atoms with E-state index in [1.54, 1.807) is 13.0 Å². The normalized spacial score (nSPS) is 28.4. The summed E-state index contributed by atoms with van der Waals surface area (Å²) in [7, 11) is 2.78. The van der Waals surface area contributed by atoms with Crippen LogP contribution in [0.1, 0.15) is 35.7 Å². The largest absolute Gasteiger partial charge is 0.507 e. The Morgan fingerprint density at radius 2 is 1.82 bits per heavy atom. The summed E-state index contributed by atoms with van der Waals surface area (Å²) in [5.41, 5.74) is 0.114. The zero-order valence-corrected chi connectivity index (χ0v) is 16.0. The summed E-state index contributed by atoms with van der Waals surface area (Å²) in [6, 6.07) is 1.26. The van der Waals surface area contributed by atoms with Gasteiger partial charge in [-0.2, -0.15) is 0 Å². The summed E-state index contributed by atoms with van der Waals surface area (Å²) >= 11 is 0. The Balaban J connectivity index is 2.57. The van der Waals surface area contributed by atoms with Crippen LogP contribution in [-0.2, 0) is 4.74 Å². The topological polar surface area (TPSA) is 126 Å². The third kappa shape index (κ3) is 4.83. The van der Waals surface area contributed by atoms with Gasteiger partial charge in [0.1, 0.15) is 29.6 Å². The number of rotatable bonds is 2. The maximum atomic E-state index is 12.7. The van der Waals surface area contributed by atoms with E-state index in [1.165, 1.54) is 38.5 Å². The number of cyclic esters (lactones) is 1. The third-order valence-corrected chi connectivity index (χ3v) is 4.41. The van der Waals surface area contributed by atoms with Gasteiger partial charge in [0.2, 0.25) is 0 Å². The number of phenols is 1. The second-order valence-corrected chi connectivity index (χ2v) is 6.49. The molecule has 0 fully saturated rings. The van der Waals surface area contributed by atoms with E-state index >= 15 is 0 Å². The molecule has 154 valence electrons. The van der Waals surface area contributed by atoms with Crippen LogP contribution < -0.4 is 9.47 Å². The first kappa shape index (κ1) is 21.7. The molecule has 4 N–H and O–H groups in total. The van der Waals surface area contributed by atoms with Crippen LogP contribution in [0.2, 0.25) is 0 Å². The molecule has 8 heteroatoms. The van der Waals surface area contributed by atoms with Crippen LogP contribution >= 0.6 is 0 Å². The van der Waals surface area contributed by atoms with Gasteiger partial charge < -0.3 is 34.6 Å².